The molecule has 1 aromatic carbocycles. The van der Waals surface area contributed by atoms with Crippen LogP contribution < -0.4 is 16.2 Å². The number of aliphatic hydroxyl groups is 1. The first kappa shape index (κ1) is 21.0. The van der Waals surface area contributed by atoms with E-state index in [-0.39, 0.29) is 12.1 Å². The van der Waals surface area contributed by atoms with E-state index in [1.54, 1.807) is 35.9 Å². The van der Waals surface area contributed by atoms with Crippen LogP contribution in [0.2, 0.25) is 0 Å². The Morgan fingerprint density at radius 3 is 2.97 bits per heavy atom. The van der Waals surface area contributed by atoms with E-state index in [1.807, 2.05) is 6.07 Å². The maximum atomic E-state index is 13.1. The molecule has 0 saturated carbocycles. The number of aromatic nitrogens is 5. The molecule has 4 aromatic rings. The van der Waals surface area contributed by atoms with Crippen LogP contribution in [0.4, 0.5) is 11.6 Å². The van der Waals surface area contributed by atoms with Gasteiger partial charge in [-0.05, 0) is 55.3 Å². The van der Waals surface area contributed by atoms with E-state index in [0.29, 0.717) is 28.5 Å². The van der Waals surface area contributed by atoms with E-state index in [4.69, 9.17) is 0 Å². The van der Waals surface area contributed by atoms with Gasteiger partial charge in [-0.3, -0.25) is 4.79 Å². The normalized spacial score (nSPS) is 14.1. The zero-order valence-electron chi connectivity index (χ0n) is 18.3. The van der Waals surface area contributed by atoms with Crippen molar-refractivity contribution in [2.24, 2.45) is 0 Å². The van der Waals surface area contributed by atoms with Crippen LogP contribution in [-0.2, 0) is 19.5 Å². The van der Waals surface area contributed by atoms with E-state index < -0.39 is 6.10 Å². The molecular formula is C24H25N7O2. The van der Waals surface area contributed by atoms with Gasteiger partial charge in [0, 0.05) is 18.4 Å². The van der Waals surface area contributed by atoms with Crippen molar-refractivity contribution in [2.75, 3.05) is 11.9 Å². The van der Waals surface area contributed by atoms with E-state index in [1.165, 1.54) is 22.0 Å². The van der Waals surface area contributed by atoms with Crippen molar-refractivity contribution in [2.45, 2.75) is 32.5 Å². The third-order valence-electron chi connectivity index (χ3n) is 5.73. The minimum absolute atomic E-state index is 0.234. The number of hydrogen-bond acceptors (Lipinski definition) is 7. The molecule has 9 nitrogen and oxygen atoms in total. The fourth-order valence-electron chi connectivity index (χ4n) is 4.08. The lowest BCUT2D eigenvalue weighted by molar-refractivity contribution is 0.194. The third-order valence-corrected chi connectivity index (χ3v) is 5.73. The quantitative estimate of drug-likeness (QED) is 0.393. The molecule has 1 aliphatic heterocycles. The Kier molecular flexibility index (Phi) is 5.49. The van der Waals surface area contributed by atoms with Crippen LogP contribution in [0, 0.1) is 0 Å². The summed E-state index contributed by atoms with van der Waals surface area (Å²) in [4.78, 5) is 26.7. The molecule has 0 bridgehead atoms. The van der Waals surface area contributed by atoms with Gasteiger partial charge >= 0.3 is 0 Å². The zero-order chi connectivity index (χ0) is 22.9. The summed E-state index contributed by atoms with van der Waals surface area (Å²) in [6.45, 7) is 7.53. The van der Waals surface area contributed by atoms with Crippen LogP contribution in [-0.4, -0.2) is 36.0 Å². The van der Waals surface area contributed by atoms with Crippen molar-refractivity contribution in [1.29, 1.82) is 0 Å². The van der Waals surface area contributed by atoms with Crippen LogP contribution in [0.1, 0.15) is 29.8 Å². The van der Waals surface area contributed by atoms with Crippen molar-refractivity contribution in [3.8, 4) is 5.82 Å². The number of hydrogen-bond donors (Lipinski definition) is 3. The van der Waals surface area contributed by atoms with Crippen LogP contribution in [0.25, 0.3) is 16.9 Å². The molecule has 33 heavy (non-hydrogen) atoms. The second-order valence-corrected chi connectivity index (χ2v) is 8.05. The summed E-state index contributed by atoms with van der Waals surface area (Å²) >= 11 is 0. The molecule has 3 N–H and O–H groups in total. The molecule has 168 valence electrons. The van der Waals surface area contributed by atoms with Gasteiger partial charge in [-0.2, -0.15) is 4.98 Å². The average Bonchev–Trinajstić information content (AvgIpc) is 3.10. The number of nitrogens with zero attached hydrogens (tertiary/aromatic N) is 5. The molecule has 1 atom stereocenters. The Morgan fingerprint density at radius 1 is 1.27 bits per heavy atom. The number of benzene rings is 1. The van der Waals surface area contributed by atoms with Gasteiger partial charge in [0.15, 0.2) is 11.5 Å². The molecule has 0 spiro atoms. The van der Waals surface area contributed by atoms with Gasteiger partial charge < -0.3 is 15.7 Å². The summed E-state index contributed by atoms with van der Waals surface area (Å²) in [6.07, 6.45) is 3.41. The molecule has 1 aliphatic rings. The first-order valence-corrected chi connectivity index (χ1v) is 10.9. The number of pyridine rings is 1. The van der Waals surface area contributed by atoms with Gasteiger partial charge in [0.1, 0.15) is 5.39 Å². The number of rotatable bonds is 6. The van der Waals surface area contributed by atoms with Crippen molar-refractivity contribution in [3.05, 3.63) is 82.4 Å². The highest BCUT2D eigenvalue weighted by Gasteiger charge is 2.19. The van der Waals surface area contributed by atoms with Gasteiger partial charge in [0.05, 0.1) is 18.3 Å². The monoisotopic (exact) mass is 443 g/mol. The highest BCUT2D eigenvalue weighted by atomic mass is 16.3. The summed E-state index contributed by atoms with van der Waals surface area (Å²) in [7, 11) is 0. The van der Waals surface area contributed by atoms with Gasteiger partial charge in [0.2, 0.25) is 5.95 Å². The van der Waals surface area contributed by atoms with Crippen molar-refractivity contribution in [1.82, 2.24) is 29.6 Å². The fourth-order valence-corrected chi connectivity index (χ4v) is 4.08. The fraction of sp³-hybridized carbons (Fsp3) is 0.250. The van der Waals surface area contributed by atoms with Crippen molar-refractivity contribution >= 4 is 22.7 Å². The van der Waals surface area contributed by atoms with Gasteiger partial charge in [-0.15, -0.1) is 6.58 Å². The summed E-state index contributed by atoms with van der Waals surface area (Å²) < 4.78 is 3.16. The molecule has 0 amide bonds. The Labute approximate surface area is 190 Å². The Hall–Kier alpha value is -3.82. The predicted molar refractivity (Wildman–Crippen MR) is 127 cm³/mol. The largest absolute Gasteiger partial charge is 0.387 e. The molecule has 0 saturated heterocycles. The van der Waals surface area contributed by atoms with Crippen molar-refractivity contribution < 1.29 is 5.11 Å². The van der Waals surface area contributed by atoms with E-state index in [9.17, 15) is 9.90 Å². The van der Waals surface area contributed by atoms with E-state index >= 15 is 0 Å². The summed E-state index contributed by atoms with van der Waals surface area (Å²) in [5.41, 5.74) is 4.18. The molecule has 3 aromatic heterocycles. The minimum atomic E-state index is -0.739. The molecule has 0 aliphatic carbocycles. The SMILES string of the molecule is C=CCn1c(=O)c2cnc(Nc3ccc4c(c3)CCNC4)nc2n1-c1cccc(C(C)O)n1. The summed E-state index contributed by atoms with van der Waals surface area (Å²) in [5, 5.41) is 17.0. The second kappa shape index (κ2) is 8.61. The Morgan fingerprint density at radius 2 is 2.15 bits per heavy atom. The maximum Gasteiger partial charge on any atom is 0.278 e. The van der Waals surface area contributed by atoms with Gasteiger partial charge in [-0.1, -0.05) is 18.2 Å². The second-order valence-electron chi connectivity index (χ2n) is 8.05. The Balaban J connectivity index is 1.61. The number of anilines is 2. The maximum absolute atomic E-state index is 13.1. The van der Waals surface area contributed by atoms with Crippen molar-refractivity contribution in [3.63, 3.8) is 0 Å². The average molecular weight is 444 g/mol. The van der Waals surface area contributed by atoms with Crippen LogP contribution in [0.3, 0.4) is 0 Å². The predicted octanol–water partition coefficient (Wildman–Crippen LogP) is 2.61. The molecule has 1 unspecified atom stereocenters. The van der Waals surface area contributed by atoms with Crippen LogP contribution in [0.5, 0.6) is 0 Å². The molecule has 4 heterocycles. The molecule has 0 fully saturated rings. The summed E-state index contributed by atoms with van der Waals surface area (Å²) in [5.74, 6) is 0.862. The third kappa shape index (κ3) is 3.92. The van der Waals surface area contributed by atoms with Gasteiger partial charge in [0.25, 0.3) is 5.56 Å². The van der Waals surface area contributed by atoms with E-state index in [2.05, 4.69) is 44.3 Å². The number of fused-ring (bicyclic) bond motifs is 2. The number of nitrogens with one attached hydrogen (secondary N) is 2. The lowest BCUT2D eigenvalue weighted by Gasteiger charge is -2.18. The Bertz CT molecular complexity index is 1400. The summed E-state index contributed by atoms with van der Waals surface area (Å²) in [6, 6.07) is 11.5. The topological polar surface area (TPSA) is 110 Å². The molecule has 9 heteroatoms. The highest BCUT2D eigenvalue weighted by Crippen LogP contribution is 2.23. The smallest absolute Gasteiger partial charge is 0.278 e. The standard InChI is InChI=1S/C24H25N7O2/c1-3-11-30-23(33)19-14-26-24(27-18-8-7-17-13-25-10-9-16(17)12-18)29-22(19)31(30)21-6-4-5-20(28-21)15(2)32/h3-8,12,14-15,25,32H,1,9-11,13H2,2H3,(H,26,27,29). The van der Waals surface area contributed by atoms with Crippen LogP contribution in [0.15, 0.2) is 60.0 Å². The van der Waals surface area contributed by atoms with Gasteiger partial charge in [-0.25, -0.2) is 19.3 Å². The number of allylic oxidation sites excluding steroid dienone is 1. The van der Waals surface area contributed by atoms with Crippen LogP contribution >= 0.6 is 0 Å². The molecule has 5 rings (SSSR count). The number of aliphatic hydroxyl groups excluding tert-OH is 1. The molecule has 0 radical (unpaired) electrons. The lowest BCUT2D eigenvalue weighted by atomic mass is 10.0. The molecular weight excluding hydrogens is 418 g/mol. The van der Waals surface area contributed by atoms with E-state index in [0.717, 1.165) is 25.2 Å². The zero-order valence-corrected chi connectivity index (χ0v) is 18.3. The lowest BCUT2D eigenvalue weighted by Crippen LogP contribution is -2.23. The first-order chi connectivity index (χ1) is 16.0. The minimum Gasteiger partial charge on any atom is -0.387 e. The first-order valence-electron chi connectivity index (χ1n) is 10.9. The highest BCUT2D eigenvalue weighted by molar-refractivity contribution is 5.77.